The minimum absolute atomic E-state index is 0.0301. The molecule has 1 amide bonds. The Morgan fingerprint density at radius 3 is 2.61 bits per heavy atom. The molecule has 3 aromatic heterocycles. The molecule has 36 heavy (non-hydrogen) atoms. The van der Waals surface area contributed by atoms with Crippen LogP contribution in [0, 0.1) is 0 Å². The molecule has 180 valence electrons. The molecule has 0 aliphatic carbocycles. The van der Waals surface area contributed by atoms with E-state index in [9.17, 15) is 18.0 Å². The van der Waals surface area contributed by atoms with E-state index >= 15 is 0 Å². The molecule has 0 bridgehead atoms. The first-order chi connectivity index (χ1) is 17.4. The SMILES string of the molecule is O=C(Nc1cnc(Cn2ccnc2)nc1-c1ccccc1)c1ccc(C(F)(F)F)c(-c2cc[nH]n2)c1. The van der Waals surface area contributed by atoms with Crippen LogP contribution in [0.1, 0.15) is 21.7 Å². The fourth-order valence-electron chi connectivity index (χ4n) is 3.70. The van der Waals surface area contributed by atoms with Crippen LogP contribution in [0.15, 0.2) is 85.7 Å². The normalized spacial score (nSPS) is 11.4. The minimum Gasteiger partial charge on any atom is -0.330 e. The van der Waals surface area contributed by atoms with E-state index in [-0.39, 0.29) is 16.8 Å². The largest absolute Gasteiger partial charge is 0.417 e. The Labute approximate surface area is 202 Å². The number of alkyl halides is 3. The van der Waals surface area contributed by atoms with Gasteiger partial charge in [-0.05, 0) is 24.3 Å². The predicted octanol–water partition coefficient (Wildman–Crippen LogP) is 5.05. The number of rotatable bonds is 6. The Bertz CT molecular complexity index is 1480. The summed E-state index contributed by atoms with van der Waals surface area (Å²) in [4.78, 5) is 26.1. The number of aromatic amines is 1. The highest BCUT2D eigenvalue weighted by Gasteiger charge is 2.34. The lowest BCUT2D eigenvalue weighted by atomic mass is 10.0. The highest BCUT2D eigenvalue weighted by molar-refractivity contribution is 6.06. The highest BCUT2D eigenvalue weighted by atomic mass is 19.4. The quantitative estimate of drug-likeness (QED) is 0.348. The van der Waals surface area contributed by atoms with Crippen molar-refractivity contribution in [2.45, 2.75) is 12.7 Å². The summed E-state index contributed by atoms with van der Waals surface area (Å²) in [6, 6.07) is 13.8. The van der Waals surface area contributed by atoms with Gasteiger partial charge in [0, 0.05) is 35.3 Å². The van der Waals surface area contributed by atoms with Crippen LogP contribution in [-0.4, -0.2) is 35.6 Å². The number of anilines is 1. The second-order valence-electron chi connectivity index (χ2n) is 7.82. The molecule has 0 atom stereocenters. The van der Waals surface area contributed by atoms with Gasteiger partial charge in [-0.2, -0.15) is 18.3 Å². The van der Waals surface area contributed by atoms with Crippen molar-refractivity contribution in [3.63, 3.8) is 0 Å². The number of imidazole rings is 1. The van der Waals surface area contributed by atoms with Gasteiger partial charge in [0.2, 0.25) is 0 Å². The molecule has 0 saturated carbocycles. The van der Waals surface area contributed by atoms with E-state index in [4.69, 9.17) is 0 Å². The van der Waals surface area contributed by atoms with Crippen molar-refractivity contribution < 1.29 is 18.0 Å². The molecule has 3 heterocycles. The zero-order valence-electron chi connectivity index (χ0n) is 18.6. The van der Waals surface area contributed by atoms with E-state index in [1.807, 2.05) is 30.3 Å². The van der Waals surface area contributed by atoms with E-state index in [1.54, 1.807) is 23.3 Å². The number of hydrogen-bond donors (Lipinski definition) is 2. The number of halogens is 3. The lowest BCUT2D eigenvalue weighted by molar-refractivity contribution is -0.137. The van der Waals surface area contributed by atoms with Crippen LogP contribution in [0.25, 0.3) is 22.5 Å². The molecule has 5 rings (SSSR count). The van der Waals surface area contributed by atoms with Gasteiger partial charge in [0.1, 0.15) is 5.82 Å². The molecule has 0 spiro atoms. The third-order valence-electron chi connectivity index (χ3n) is 5.38. The molecule has 0 fully saturated rings. The molecule has 0 radical (unpaired) electrons. The van der Waals surface area contributed by atoms with Crippen molar-refractivity contribution in [2.24, 2.45) is 0 Å². The van der Waals surface area contributed by atoms with Gasteiger partial charge in [-0.15, -0.1) is 0 Å². The minimum atomic E-state index is -4.61. The van der Waals surface area contributed by atoms with Crippen LogP contribution in [0.3, 0.4) is 0 Å². The zero-order chi connectivity index (χ0) is 25.1. The number of benzene rings is 2. The first-order valence-corrected chi connectivity index (χ1v) is 10.8. The fourth-order valence-corrected chi connectivity index (χ4v) is 3.70. The molecular formula is C25H18F3N7O. The van der Waals surface area contributed by atoms with Crippen molar-refractivity contribution >= 4 is 11.6 Å². The zero-order valence-corrected chi connectivity index (χ0v) is 18.6. The van der Waals surface area contributed by atoms with Gasteiger partial charge in [-0.1, -0.05) is 30.3 Å². The Morgan fingerprint density at radius 1 is 1.08 bits per heavy atom. The van der Waals surface area contributed by atoms with Gasteiger partial charge in [0.05, 0.1) is 41.7 Å². The van der Waals surface area contributed by atoms with Crippen molar-refractivity contribution in [3.8, 4) is 22.5 Å². The topological polar surface area (TPSA) is 101 Å². The van der Waals surface area contributed by atoms with E-state index < -0.39 is 17.6 Å². The summed E-state index contributed by atoms with van der Waals surface area (Å²) < 4.78 is 42.5. The Hall–Kier alpha value is -4.80. The smallest absolute Gasteiger partial charge is 0.330 e. The van der Waals surface area contributed by atoms with Crippen LogP contribution in [0.4, 0.5) is 18.9 Å². The Balaban J connectivity index is 1.50. The second kappa shape index (κ2) is 9.45. The van der Waals surface area contributed by atoms with Gasteiger partial charge >= 0.3 is 6.18 Å². The summed E-state index contributed by atoms with van der Waals surface area (Å²) in [6.07, 6.45) is 3.36. The fraction of sp³-hybridized carbons (Fsp3) is 0.0800. The van der Waals surface area contributed by atoms with E-state index in [2.05, 4.69) is 30.5 Å². The number of carbonyl (C=O) groups is 1. The molecule has 2 N–H and O–H groups in total. The molecule has 5 aromatic rings. The lowest BCUT2D eigenvalue weighted by Crippen LogP contribution is -2.16. The Morgan fingerprint density at radius 2 is 1.92 bits per heavy atom. The number of nitrogens with zero attached hydrogens (tertiary/aromatic N) is 5. The molecule has 0 aliphatic rings. The molecule has 0 aliphatic heterocycles. The van der Waals surface area contributed by atoms with Crippen LogP contribution in [0.5, 0.6) is 0 Å². The molecule has 11 heteroatoms. The number of carbonyl (C=O) groups excluding carboxylic acids is 1. The number of nitrogens with one attached hydrogen (secondary N) is 2. The molecule has 8 nitrogen and oxygen atoms in total. The average Bonchev–Trinajstić information content (AvgIpc) is 3.59. The first kappa shape index (κ1) is 23.0. The van der Waals surface area contributed by atoms with Crippen molar-refractivity contribution in [1.82, 2.24) is 29.7 Å². The van der Waals surface area contributed by atoms with Gasteiger partial charge in [-0.25, -0.2) is 15.0 Å². The standard InChI is InChI=1S/C25H18F3N7O/c26-25(27,28)19-7-6-17(12-18(19)20-8-9-31-34-20)24(36)32-21-13-30-22(14-35-11-10-29-15-35)33-23(21)16-4-2-1-3-5-16/h1-13,15H,14H2,(H,31,34)(H,32,36). The van der Waals surface area contributed by atoms with Gasteiger partial charge < -0.3 is 9.88 Å². The summed E-state index contributed by atoms with van der Waals surface area (Å²) >= 11 is 0. The average molecular weight is 489 g/mol. The van der Waals surface area contributed by atoms with Crippen molar-refractivity contribution in [2.75, 3.05) is 5.32 Å². The van der Waals surface area contributed by atoms with E-state index in [1.165, 1.54) is 24.5 Å². The maximum atomic E-state index is 13.6. The third kappa shape index (κ3) is 4.85. The van der Waals surface area contributed by atoms with Gasteiger partial charge in [0.25, 0.3) is 5.91 Å². The van der Waals surface area contributed by atoms with E-state index in [0.717, 1.165) is 17.7 Å². The monoisotopic (exact) mass is 489 g/mol. The number of hydrogen-bond acceptors (Lipinski definition) is 5. The van der Waals surface area contributed by atoms with Gasteiger partial charge in [0.15, 0.2) is 0 Å². The van der Waals surface area contributed by atoms with Crippen LogP contribution < -0.4 is 5.32 Å². The molecule has 0 saturated heterocycles. The molecule has 2 aromatic carbocycles. The summed E-state index contributed by atoms with van der Waals surface area (Å²) in [6.45, 7) is 0.375. The number of amides is 1. The molecule has 0 unspecified atom stereocenters. The van der Waals surface area contributed by atoms with Crippen LogP contribution in [-0.2, 0) is 12.7 Å². The summed E-state index contributed by atoms with van der Waals surface area (Å²) in [7, 11) is 0. The first-order valence-electron chi connectivity index (χ1n) is 10.8. The number of aromatic nitrogens is 6. The van der Waals surface area contributed by atoms with E-state index in [0.29, 0.717) is 23.8 Å². The third-order valence-corrected chi connectivity index (χ3v) is 5.38. The summed E-state index contributed by atoms with van der Waals surface area (Å²) in [5, 5.41) is 9.11. The highest BCUT2D eigenvalue weighted by Crippen LogP contribution is 2.37. The van der Waals surface area contributed by atoms with Crippen molar-refractivity contribution in [3.05, 3.63) is 103 Å². The maximum absolute atomic E-state index is 13.6. The van der Waals surface area contributed by atoms with Gasteiger partial charge in [-0.3, -0.25) is 9.89 Å². The Kier molecular flexibility index (Phi) is 6.03. The molecular weight excluding hydrogens is 471 g/mol. The summed E-state index contributed by atoms with van der Waals surface area (Å²) in [5.74, 6) is -0.108. The number of H-pyrrole nitrogens is 1. The van der Waals surface area contributed by atoms with Crippen LogP contribution >= 0.6 is 0 Å². The van der Waals surface area contributed by atoms with Crippen molar-refractivity contribution in [1.29, 1.82) is 0 Å². The maximum Gasteiger partial charge on any atom is 0.417 e. The predicted molar refractivity (Wildman–Crippen MR) is 126 cm³/mol. The second-order valence-corrected chi connectivity index (χ2v) is 7.82. The van der Waals surface area contributed by atoms with Crippen LogP contribution in [0.2, 0.25) is 0 Å². The summed E-state index contributed by atoms with van der Waals surface area (Å²) in [5.41, 5.74) is 0.563. The lowest BCUT2D eigenvalue weighted by Gasteiger charge is -2.15.